The summed E-state index contributed by atoms with van der Waals surface area (Å²) in [5, 5.41) is 1.42. The van der Waals surface area contributed by atoms with Crippen molar-refractivity contribution in [2.75, 3.05) is 32.8 Å². The minimum Gasteiger partial charge on any atom is -0.379 e. The summed E-state index contributed by atoms with van der Waals surface area (Å²) in [6.07, 6.45) is 0.986. The van der Waals surface area contributed by atoms with E-state index in [1.54, 1.807) is 6.07 Å². The van der Waals surface area contributed by atoms with Crippen molar-refractivity contribution in [3.8, 4) is 0 Å². The van der Waals surface area contributed by atoms with Crippen LogP contribution in [0.15, 0.2) is 18.2 Å². The minimum atomic E-state index is 0.712. The van der Waals surface area contributed by atoms with Crippen LogP contribution in [0.2, 0.25) is 10.0 Å². The third-order valence-electron chi connectivity index (χ3n) is 2.74. The first-order valence-corrected chi connectivity index (χ1v) is 6.25. The zero-order valence-electron chi connectivity index (χ0n) is 9.09. The molecule has 0 saturated carbocycles. The summed E-state index contributed by atoms with van der Waals surface area (Å²) in [5.41, 5.74) is 1.20. The first-order chi connectivity index (χ1) is 7.74. The lowest BCUT2D eigenvalue weighted by molar-refractivity contribution is 0.0384. The highest BCUT2D eigenvalue weighted by Gasteiger charge is 2.10. The van der Waals surface area contributed by atoms with Crippen molar-refractivity contribution in [2.45, 2.75) is 6.42 Å². The number of benzene rings is 1. The third-order valence-corrected chi connectivity index (χ3v) is 3.18. The Morgan fingerprint density at radius 3 is 2.31 bits per heavy atom. The Balaban J connectivity index is 1.88. The molecule has 2 nitrogen and oxygen atoms in total. The highest BCUT2D eigenvalue weighted by molar-refractivity contribution is 6.34. The number of halogens is 2. The summed E-state index contributed by atoms with van der Waals surface area (Å²) < 4.78 is 5.31. The van der Waals surface area contributed by atoms with Gasteiger partial charge in [-0.3, -0.25) is 4.90 Å². The minimum absolute atomic E-state index is 0.712. The number of hydrogen-bond donors (Lipinski definition) is 0. The van der Waals surface area contributed by atoms with Crippen LogP contribution in [-0.4, -0.2) is 37.7 Å². The number of nitrogens with zero attached hydrogens (tertiary/aromatic N) is 1. The SMILES string of the molecule is Clc1cc(Cl)cc(CCN2CCOCC2)c1. The molecule has 1 fully saturated rings. The van der Waals surface area contributed by atoms with E-state index in [0.717, 1.165) is 39.3 Å². The smallest absolute Gasteiger partial charge is 0.0594 e. The molecule has 0 bridgehead atoms. The summed E-state index contributed by atoms with van der Waals surface area (Å²) in [5.74, 6) is 0. The monoisotopic (exact) mass is 259 g/mol. The molecule has 0 radical (unpaired) electrons. The molecule has 88 valence electrons. The van der Waals surface area contributed by atoms with Crippen LogP contribution in [0.1, 0.15) is 5.56 Å². The van der Waals surface area contributed by atoms with Gasteiger partial charge in [-0.1, -0.05) is 23.2 Å². The molecular weight excluding hydrogens is 245 g/mol. The largest absolute Gasteiger partial charge is 0.379 e. The maximum Gasteiger partial charge on any atom is 0.0594 e. The molecule has 1 aliphatic heterocycles. The maximum atomic E-state index is 5.95. The predicted octanol–water partition coefficient (Wildman–Crippen LogP) is 2.87. The molecule has 1 aromatic carbocycles. The second kappa shape index (κ2) is 5.87. The number of rotatable bonds is 3. The summed E-state index contributed by atoms with van der Waals surface area (Å²) in [7, 11) is 0. The Labute approximate surface area is 106 Å². The standard InChI is InChI=1S/C12H15Cl2NO/c13-11-7-10(8-12(14)9-11)1-2-15-3-5-16-6-4-15/h7-9H,1-6H2. The van der Waals surface area contributed by atoms with Crippen molar-refractivity contribution in [1.29, 1.82) is 0 Å². The van der Waals surface area contributed by atoms with Gasteiger partial charge in [-0.05, 0) is 30.2 Å². The van der Waals surface area contributed by atoms with Crippen LogP contribution in [0, 0.1) is 0 Å². The van der Waals surface area contributed by atoms with Crippen molar-refractivity contribution in [3.63, 3.8) is 0 Å². The van der Waals surface area contributed by atoms with E-state index in [0.29, 0.717) is 10.0 Å². The Bertz CT molecular complexity index is 331. The van der Waals surface area contributed by atoms with Gasteiger partial charge < -0.3 is 4.74 Å². The molecule has 0 N–H and O–H groups in total. The van der Waals surface area contributed by atoms with Gasteiger partial charge in [0.25, 0.3) is 0 Å². The van der Waals surface area contributed by atoms with Gasteiger partial charge in [0.1, 0.15) is 0 Å². The van der Waals surface area contributed by atoms with Crippen molar-refractivity contribution >= 4 is 23.2 Å². The van der Waals surface area contributed by atoms with Gasteiger partial charge in [-0.25, -0.2) is 0 Å². The van der Waals surface area contributed by atoms with Gasteiger partial charge in [0, 0.05) is 29.7 Å². The lowest BCUT2D eigenvalue weighted by atomic mass is 10.1. The molecule has 1 aromatic rings. The molecule has 16 heavy (non-hydrogen) atoms. The van der Waals surface area contributed by atoms with E-state index in [9.17, 15) is 0 Å². The molecule has 1 heterocycles. The molecule has 0 spiro atoms. The Morgan fingerprint density at radius 2 is 1.69 bits per heavy atom. The molecular formula is C12H15Cl2NO. The maximum absolute atomic E-state index is 5.95. The van der Waals surface area contributed by atoms with Crippen LogP contribution >= 0.6 is 23.2 Å². The van der Waals surface area contributed by atoms with E-state index in [4.69, 9.17) is 27.9 Å². The van der Waals surface area contributed by atoms with Gasteiger partial charge >= 0.3 is 0 Å². The molecule has 4 heteroatoms. The summed E-state index contributed by atoms with van der Waals surface area (Å²) in [6, 6.07) is 5.73. The van der Waals surface area contributed by atoms with Crippen LogP contribution in [0.25, 0.3) is 0 Å². The first-order valence-electron chi connectivity index (χ1n) is 5.49. The van der Waals surface area contributed by atoms with Crippen molar-refractivity contribution in [2.24, 2.45) is 0 Å². The summed E-state index contributed by atoms with van der Waals surface area (Å²) in [4.78, 5) is 2.40. The highest BCUT2D eigenvalue weighted by atomic mass is 35.5. The van der Waals surface area contributed by atoms with E-state index >= 15 is 0 Å². The van der Waals surface area contributed by atoms with Gasteiger partial charge in [0.05, 0.1) is 13.2 Å². The van der Waals surface area contributed by atoms with E-state index in [1.807, 2.05) is 12.1 Å². The van der Waals surface area contributed by atoms with Crippen molar-refractivity contribution in [1.82, 2.24) is 4.90 Å². The second-order valence-electron chi connectivity index (χ2n) is 3.98. The number of ether oxygens (including phenoxy) is 1. The van der Waals surface area contributed by atoms with E-state index in [1.165, 1.54) is 5.56 Å². The predicted molar refractivity (Wildman–Crippen MR) is 67.4 cm³/mol. The van der Waals surface area contributed by atoms with Gasteiger partial charge in [-0.2, -0.15) is 0 Å². The Kier molecular flexibility index (Phi) is 4.47. The molecule has 0 atom stereocenters. The molecule has 1 saturated heterocycles. The van der Waals surface area contributed by atoms with Crippen LogP contribution in [0.3, 0.4) is 0 Å². The van der Waals surface area contributed by atoms with E-state index in [-0.39, 0.29) is 0 Å². The van der Waals surface area contributed by atoms with Crippen LogP contribution < -0.4 is 0 Å². The van der Waals surface area contributed by atoms with Crippen LogP contribution in [-0.2, 0) is 11.2 Å². The lowest BCUT2D eigenvalue weighted by Crippen LogP contribution is -2.37. The fourth-order valence-electron chi connectivity index (χ4n) is 1.87. The summed E-state index contributed by atoms with van der Waals surface area (Å²) >= 11 is 11.9. The zero-order valence-corrected chi connectivity index (χ0v) is 10.6. The van der Waals surface area contributed by atoms with Gasteiger partial charge in [-0.15, -0.1) is 0 Å². The third kappa shape index (κ3) is 3.63. The zero-order chi connectivity index (χ0) is 11.4. The lowest BCUT2D eigenvalue weighted by Gasteiger charge is -2.26. The quantitative estimate of drug-likeness (QED) is 0.828. The van der Waals surface area contributed by atoms with Crippen LogP contribution in [0.5, 0.6) is 0 Å². The fourth-order valence-corrected chi connectivity index (χ4v) is 2.44. The molecule has 0 aliphatic carbocycles. The fraction of sp³-hybridized carbons (Fsp3) is 0.500. The Morgan fingerprint density at radius 1 is 1.06 bits per heavy atom. The Hall–Kier alpha value is -0.280. The number of morpholine rings is 1. The van der Waals surface area contributed by atoms with Crippen LogP contribution in [0.4, 0.5) is 0 Å². The molecule has 0 amide bonds. The summed E-state index contributed by atoms with van der Waals surface area (Å²) in [6.45, 7) is 4.77. The topological polar surface area (TPSA) is 12.5 Å². The van der Waals surface area contributed by atoms with E-state index in [2.05, 4.69) is 4.90 Å². The highest BCUT2D eigenvalue weighted by Crippen LogP contribution is 2.19. The molecule has 0 aromatic heterocycles. The normalized spacial score (nSPS) is 17.6. The van der Waals surface area contributed by atoms with Crippen molar-refractivity contribution < 1.29 is 4.74 Å². The molecule has 1 aliphatic rings. The van der Waals surface area contributed by atoms with Gasteiger partial charge in [0.15, 0.2) is 0 Å². The first kappa shape index (κ1) is 12.2. The van der Waals surface area contributed by atoms with E-state index < -0.39 is 0 Å². The molecule has 0 unspecified atom stereocenters. The molecule has 2 rings (SSSR count). The second-order valence-corrected chi connectivity index (χ2v) is 4.85. The van der Waals surface area contributed by atoms with Crippen molar-refractivity contribution in [3.05, 3.63) is 33.8 Å². The van der Waals surface area contributed by atoms with Gasteiger partial charge in [0.2, 0.25) is 0 Å². The average Bonchev–Trinajstić information content (AvgIpc) is 2.27. The number of hydrogen-bond acceptors (Lipinski definition) is 2. The average molecular weight is 260 g/mol.